The van der Waals surface area contributed by atoms with Gasteiger partial charge in [-0.05, 0) is 18.4 Å². The highest BCUT2D eigenvalue weighted by Crippen LogP contribution is 2.23. The molecule has 7 nitrogen and oxygen atoms in total. The highest BCUT2D eigenvalue weighted by atomic mass is 32.1. The third-order valence-corrected chi connectivity index (χ3v) is 4.94. The third kappa shape index (κ3) is 3.55. The molecular weight excluding hydrogens is 326 g/mol. The fourth-order valence-corrected chi connectivity index (χ4v) is 3.47. The third-order valence-electron chi connectivity index (χ3n) is 4.08. The van der Waals surface area contributed by atoms with E-state index in [9.17, 15) is 0 Å². The van der Waals surface area contributed by atoms with Gasteiger partial charge in [0.15, 0.2) is 5.76 Å². The lowest BCUT2D eigenvalue weighted by atomic mass is 10.3. The molecule has 24 heavy (non-hydrogen) atoms. The lowest BCUT2D eigenvalue weighted by molar-refractivity contribution is 0.107. The van der Waals surface area contributed by atoms with Gasteiger partial charge in [0.2, 0.25) is 5.89 Å². The molecule has 4 heterocycles. The highest BCUT2D eigenvalue weighted by molar-refractivity contribution is 7.13. The van der Waals surface area contributed by atoms with Crippen LogP contribution in [0.2, 0.25) is 0 Å². The van der Waals surface area contributed by atoms with E-state index in [1.807, 2.05) is 30.5 Å². The van der Waals surface area contributed by atoms with Crippen molar-refractivity contribution in [3.8, 4) is 10.8 Å². The van der Waals surface area contributed by atoms with Gasteiger partial charge in [0.1, 0.15) is 0 Å². The summed E-state index contributed by atoms with van der Waals surface area (Å²) in [6, 6.07) is 5.97. The summed E-state index contributed by atoms with van der Waals surface area (Å²) in [5, 5.41) is 14.2. The minimum absolute atomic E-state index is 0.610. The first kappa shape index (κ1) is 15.5. The molecule has 0 saturated carbocycles. The summed E-state index contributed by atoms with van der Waals surface area (Å²) in [7, 11) is 0. The van der Waals surface area contributed by atoms with Crippen LogP contribution in [0.5, 0.6) is 0 Å². The van der Waals surface area contributed by atoms with E-state index in [1.165, 1.54) is 0 Å². The molecule has 3 aromatic rings. The van der Waals surface area contributed by atoms with E-state index in [2.05, 4.69) is 25.2 Å². The molecule has 0 N–H and O–H groups in total. The SMILES string of the molecule is Cc1cc(CN2CCN(Cc3nnc(-c4cccs4)o3)CC2)on1. The van der Waals surface area contributed by atoms with Gasteiger partial charge < -0.3 is 8.94 Å². The first-order valence-electron chi connectivity index (χ1n) is 7.99. The lowest BCUT2D eigenvalue weighted by Crippen LogP contribution is -2.45. The van der Waals surface area contributed by atoms with Gasteiger partial charge in [-0.2, -0.15) is 0 Å². The second-order valence-electron chi connectivity index (χ2n) is 5.97. The Labute approximate surface area is 143 Å². The van der Waals surface area contributed by atoms with Crippen molar-refractivity contribution in [2.45, 2.75) is 20.0 Å². The van der Waals surface area contributed by atoms with Crippen LogP contribution >= 0.6 is 11.3 Å². The quantitative estimate of drug-likeness (QED) is 0.703. The standard InChI is InChI=1S/C16H19N5O2S/c1-12-9-13(23-19-12)10-20-4-6-21(7-5-20)11-15-17-18-16(22-15)14-3-2-8-24-14/h2-3,8-9H,4-7,10-11H2,1H3. The molecule has 8 heteroatoms. The van der Waals surface area contributed by atoms with Crippen LogP contribution in [0.25, 0.3) is 10.8 Å². The number of rotatable bonds is 5. The van der Waals surface area contributed by atoms with Gasteiger partial charge >= 0.3 is 0 Å². The van der Waals surface area contributed by atoms with Crippen LogP contribution in [-0.4, -0.2) is 51.3 Å². The van der Waals surface area contributed by atoms with Crippen molar-refractivity contribution >= 4 is 11.3 Å². The average molecular weight is 345 g/mol. The van der Waals surface area contributed by atoms with Gasteiger partial charge in [-0.15, -0.1) is 21.5 Å². The zero-order valence-corrected chi connectivity index (χ0v) is 14.3. The van der Waals surface area contributed by atoms with E-state index in [1.54, 1.807) is 11.3 Å². The van der Waals surface area contributed by atoms with E-state index < -0.39 is 0 Å². The maximum Gasteiger partial charge on any atom is 0.257 e. The van der Waals surface area contributed by atoms with Crippen molar-refractivity contribution in [1.29, 1.82) is 0 Å². The number of aromatic nitrogens is 3. The predicted octanol–water partition coefficient (Wildman–Crippen LogP) is 2.41. The molecule has 1 saturated heterocycles. The van der Waals surface area contributed by atoms with Crippen molar-refractivity contribution < 1.29 is 8.94 Å². The number of nitrogens with zero attached hydrogens (tertiary/aromatic N) is 5. The summed E-state index contributed by atoms with van der Waals surface area (Å²) in [5.41, 5.74) is 0.932. The minimum atomic E-state index is 0.610. The highest BCUT2D eigenvalue weighted by Gasteiger charge is 2.20. The van der Waals surface area contributed by atoms with E-state index >= 15 is 0 Å². The van der Waals surface area contributed by atoms with Crippen LogP contribution in [0, 0.1) is 6.92 Å². The zero-order chi connectivity index (χ0) is 16.4. The molecule has 3 aromatic heterocycles. The Morgan fingerprint density at radius 1 is 1.12 bits per heavy atom. The second kappa shape index (κ2) is 6.84. The van der Waals surface area contributed by atoms with E-state index in [0.717, 1.165) is 49.1 Å². The van der Waals surface area contributed by atoms with Crippen LogP contribution < -0.4 is 0 Å². The number of piperazine rings is 1. The molecule has 0 radical (unpaired) electrons. The number of thiophene rings is 1. The fourth-order valence-electron chi connectivity index (χ4n) is 2.83. The van der Waals surface area contributed by atoms with E-state index in [-0.39, 0.29) is 0 Å². The first-order chi connectivity index (χ1) is 11.8. The van der Waals surface area contributed by atoms with Crippen LogP contribution in [-0.2, 0) is 13.1 Å². The largest absolute Gasteiger partial charge is 0.419 e. The summed E-state index contributed by atoms with van der Waals surface area (Å²) < 4.78 is 11.1. The van der Waals surface area contributed by atoms with Crippen molar-refractivity contribution in [3.05, 3.63) is 40.9 Å². The second-order valence-corrected chi connectivity index (χ2v) is 6.91. The first-order valence-corrected chi connectivity index (χ1v) is 8.87. The lowest BCUT2D eigenvalue weighted by Gasteiger charge is -2.33. The van der Waals surface area contributed by atoms with Crippen LogP contribution in [0.4, 0.5) is 0 Å². The Kier molecular flexibility index (Phi) is 4.42. The van der Waals surface area contributed by atoms with Gasteiger partial charge in [-0.1, -0.05) is 11.2 Å². The van der Waals surface area contributed by atoms with Gasteiger partial charge in [0.05, 0.1) is 23.7 Å². The van der Waals surface area contributed by atoms with E-state index in [0.29, 0.717) is 18.3 Å². The Hall–Kier alpha value is -2.03. The van der Waals surface area contributed by atoms with Crippen LogP contribution in [0.1, 0.15) is 17.3 Å². The van der Waals surface area contributed by atoms with Crippen LogP contribution in [0.3, 0.4) is 0 Å². The molecule has 0 atom stereocenters. The number of hydrogen-bond acceptors (Lipinski definition) is 8. The van der Waals surface area contributed by atoms with E-state index in [4.69, 9.17) is 8.94 Å². The molecule has 0 unspecified atom stereocenters. The normalized spacial score (nSPS) is 16.7. The summed E-state index contributed by atoms with van der Waals surface area (Å²) in [6.07, 6.45) is 0. The molecule has 4 rings (SSSR count). The van der Waals surface area contributed by atoms with Gasteiger partial charge in [-0.3, -0.25) is 9.80 Å². The molecule has 1 fully saturated rings. The topological polar surface area (TPSA) is 71.4 Å². The van der Waals surface area contributed by atoms with Gasteiger partial charge in [0, 0.05) is 32.2 Å². The minimum Gasteiger partial charge on any atom is -0.419 e. The van der Waals surface area contributed by atoms with Crippen molar-refractivity contribution in [1.82, 2.24) is 25.2 Å². The average Bonchev–Trinajstić information content (AvgIpc) is 3.31. The summed E-state index contributed by atoms with van der Waals surface area (Å²) in [6.45, 7) is 7.40. The predicted molar refractivity (Wildman–Crippen MR) is 89.4 cm³/mol. The molecular formula is C16H19N5O2S. The number of hydrogen-bond donors (Lipinski definition) is 0. The van der Waals surface area contributed by atoms with Crippen molar-refractivity contribution in [3.63, 3.8) is 0 Å². The summed E-state index contributed by atoms with van der Waals surface area (Å²) >= 11 is 1.61. The molecule has 0 bridgehead atoms. The Balaban J connectivity index is 1.29. The zero-order valence-electron chi connectivity index (χ0n) is 13.5. The molecule has 0 aromatic carbocycles. The summed E-state index contributed by atoms with van der Waals surface area (Å²) in [5.74, 6) is 2.22. The monoisotopic (exact) mass is 345 g/mol. The Morgan fingerprint density at radius 3 is 2.58 bits per heavy atom. The van der Waals surface area contributed by atoms with Crippen molar-refractivity contribution in [2.75, 3.05) is 26.2 Å². The fraction of sp³-hybridized carbons (Fsp3) is 0.438. The van der Waals surface area contributed by atoms with Gasteiger partial charge in [0.25, 0.3) is 5.89 Å². The molecule has 0 amide bonds. The Bertz CT molecular complexity index is 774. The smallest absolute Gasteiger partial charge is 0.257 e. The molecule has 0 aliphatic carbocycles. The Morgan fingerprint density at radius 2 is 1.92 bits per heavy atom. The molecule has 1 aliphatic heterocycles. The molecule has 1 aliphatic rings. The number of aryl methyl sites for hydroxylation is 1. The summed E-state index contributed by atoms with van der Waals surface area (Å²) in [4.78, 5) is 5.73. The van der Waals surface area contributed by atoms with Crippen molar-refractivity contribution in [2.24, 2.45) is 0 Å². The van der Waals surface area contributed by atoms with Crippen LogP contribution in [0.15, 0.2) is 32.5 Å². The van der Waals surface area contributed by atoms with Gasteiger partial charge in [-0.25, -0.2) is 0 Å². The maximum atomic E-state index is 5.77. The maximum absolute atomic E-state index is 5.77. The molecule has 0 spiro atoms. The molecule has 126 valence electrons.